The summed E-state index contributed by atoms with van der Waals surface area (Å²) in [6.45, 7) is 0.469. The molecule has 0 saturated heterocycles. The molecule has 0 aliphatic carbocycles. The molecule has 1 aromatic heterocycles. The summed E-state index contributed by atoms with van der Waals surface area (Å²) in [4.78, 5) is 38.3. The van der Waals surface area contributed by atoms with Crippen molar-refractivity contribution in [3.8, 4) is 5.75 Å². The Kier molecular flexibility index (Phi) is 7.34. The molecule has 0 spiro atoms. The molecule has 1 heterocycles. The Balaban J connectivity index is 1.71. The van der Waals surface area contributed by atoms with Crippen molar-refractivity contribution in [3.05, 3.63) is 92.2 Å². The molecule has 2 amide bonds. The molecule has 160 valence electrons. The summed E-state index contributed by atoms with van der Waals surface area (Å²) in [6, 6.07) is 16.7. The highest BCUT2D eigenvalue weighted by Crippen LogP contribution is 2.21. The van der Waals surface area contributed by atoms with Gasteiger partial charge in [0.25, 0.3) is 11.6 Å². The highest BCUT2D eigenvalue weighted by atomic mass is 32.1. The zero-order chi connectivity index (χ0) is 22.2. The summed E-state index contributed by atoms with van der Waals surface area (Å²) in [5.74, 6) is -0.157. The Morgan fingerprint density at radius 2 is 1.90 bits per heavy atom. The van der Waals surface area contributed by atoms with E-state index in [1.807, 2.05) is 41.8 Å². The second kappa shape index (κ2) is 10.4. The maximum absolute atomic E-state index is 13.0. The van der Waals surface area contributed by atoms with E-state index in [0.717, 1.165) is 10.4 Å². The van der Waals surface area contributed by atoms with E-state index in [1.165, 1.54) is 35.6 Å². The molecule has 0 fully saturated rings. The minimum absolute atomic E-state index is 0.122. The maximum atomic E-state index is 13.0. The van der Waals surface area contributed by atoms with Gasteiger partial charge >= 0.3 is 0 Å². The van der Waals surface area contributed by atoms with Crippen molar-refractivity contribution >= 4 is 28.8 Å². The molecule has 0 atom stereocenters. The number of ether oxygens (including phenoxy) is 1. The molecule has 0 aliphatic heterocycles. The summed E-state index contributed by atoms with van der Waals surface area (Å²) in [7, 11) is 1.57. The lowest BCUT2D eigenvalue weighted by Crippen LogP contribution is -2.39. The molecule has 31 heavy (non-hydrogen) atoms. The predicted octanol–water partition coefficient (Wildman–Crippen LogP) is 3.62. The second-order valence-corrected chi connectivity index (χ2v) is 7.66. The summed E-state index contributed by atoms with van der Waals surface area (Å²) in [5, 5.41) is 15.4. The number of hydrogen-bond acceptors (Lipinski definition) is 6. The molecular weight excluding hydrogens is 418 g/mol. The summed E-state index contributed by atoms with van der Waals surface area (Å²) in [5.41, 5.74) is 0.783. The Hall–Kier alpha value is -3.72. The van der Waals surface area contributed by atoms with E-state index in [-0.39, 0.29) is 23.7 Å². The van der Waals surface area contributed by atoms with Crippen molar-refractivity contribution in [1.82, 2.24) is 10.2 Å². The number of amides is 2. The molecule has 0 aliphatic rings. The SMILES string of the molecule is COc1ccccc1CN(Cc1cccs1)C(=O)CNC(=O)c1cccc([N+](=O)[O-])c1. The maximum Gasteiger partial charge on any atom is 0.270 e. The van der Waals surface area contributed by atoms with Gasteiger partial charge in [0, 0.05) is 34.7 Å². The first kappa shape index (κ1) is 22.0. The predicted molar refractivity (Wildman–Crippen MR) is 117 cm³/mol. The summed E-state index contributed by atoms with van der Waals surface area (Å²) < 4.78 is 5.39. The number of carbonyl (C=O) groups is 2. The molecule has 9 heteroatoms. The number of nitro groups is 1. The van der Waals surface area contributed by atoms with E-state index in [1.54, 1.807) is 12.0 Å². The average molecular weight is 439 g/mol. The van der Waals surface area contributed by atoms with Crippen molar-refractivity contribution in [1.29, 1.82) is 0 Å². The first-order valence-corrected chi connectivity index (χ1v) is 10.3. The van der Waals surface area contributed by atoms with Crippen LogP contribution in [-0.2, 0) is 17.9 Å². The molecule has 0 radical (unpaired) electrons. The van der Waals surface area contributed by atoms with Gasteiger partial charge in [0.2, 0.25) is 5.91 Å². The highest BCUT2D eigenvalue weighted by Gasteiger charge is 2.19. The van der Waals surface area contributed by atoms with Gasteiger partial charge in [-0.1, -0.05) is 30.3 Å². The van der Waals surface area contributed by atoms with E-state index >= 15 is 0 Å². The lowest BCUT2D eigenvalue weighted by Gasteiger charge is -2.23. The lowest BCUT2D eigenvalue weighted by atomic mass is 10.1. The number of nitro benzene ring substituents is 1. The van der Waals surface area contributed by atoms with Crippen LogP contribution < -0.4 is 10.1 Å². The largest absolute Gasteiger partial charge is 0.496 e. The van der Waals surface area contributed by atoms with Crippen LogP contribution in [0.2, 0.25) is 0 Å². The highest BCUT2D eigenvalue weighted by molar-refractivity contribution is 7.09. The van der Waals surface area contributed by atoms with Crippen molar-refractivity contribution in [3.63, 3.8) is 0 Å². The summed E-state index contributed by atoms with van der Waals surface area (Å²) >= 11 is 1.54. The molecular formula is C22H21N3O5S. The van der Waals surface area contributed by atoms with E-state index in [9.17, 15) is 19.7 Å². The van der Waals surface area contributed by atoms with E-state index in [0.29, 0.717) is 18.8 Å². The minimum atomic E-state index is -0.571. The first-order valence-electron chi connectivity index (χ1n) is 9.42. The van der Waals surface area contributed by atoms with Crippen LogP contribution in [0.3, 0.4) is 0 Å². The van der Waals surface area contributed by atoms with Gasteiger partial charge in [0.05, 0.1) is 25.1 Å². The number of benzene rings is 2. The third-order valence-corrected chi connectivity index (χ3v) is 5.41. The van der Waals surface area contributed by atoms with Crippen LogP contribution in [0.5, 0.6) is 5.75 Å². The Labute approximate surface area is 183 Å². The number of thiophene rings is 1. The molecule has 0 bridgehead atoms. The number of hydrogen-bond donors (Lipinski definition) is 1. The Morgan fingerprint density at radius 3 is 2.61 bits per heavy atom. The fourth-order valence-corrected chi connectivity index (χ4v) is 3.71. The Bertz CT molecular complexity index is 1070. The van der Waals surface area contributed by atoms with Gasteiger partial charge in [0.15, 0.2) is 0 Å². The quantitative estimate of drug-likeness (QED) is 0.405. The van der Waals surface area contributed by atoms with Crippen molar-refractivity contribution < 1.29 is 19.2 Å². The third kappa shape index (κ3) is 5.89. The van der Waals surface area contributed by atoms with Crippen LogP contribution in [0.15, 0.2) is 66.0 Å². The third-order valence-electron chi connectivity index (χ3n) is 4.55. The molecule has 0 unspecified atom stereocenters. The number of para-hydroxylation sites is 1. The van der Waals surface area contributed by atoms with E-state index in [2.05, 4.69) is 5.32 Å². The van der Waals surface area contributed by atoms with Crippen LogP contribution in [0.25, 0.3) is 0 Å². The molecule has 0 saturated carbocycles. The van der Waals surface area contributed by atoms with E-state index in [4.69, 9.17) is 4.74 Å². The molecule has 8 nitrogen and oxygen atoms in total. The normalized spacial score (nSPS) is 10.4. The first-order chi connectivity index (χ1) is 15.0. The smallest absolute Gasteiger partial charge is 0.270 e. The lowest BCUT2D eigenvalue weighted by molar-refractivity contribution is -0.384. The van der Waals surface area contributed by atoms with Crippen LogP contribution in [-0.4, -0.2) is 35.3 Å². The van der Waals surface area contributed by atoms with Crippen LogP contribution >= 0.6 is 11.3 Å². The average Bonchev–Trinajstić information content (AvgIpc) is 3.30. The van der Waals surface area contributed by atoms with Gasteiger partial charge in [-0.05, 0) is 23.6 Å². The zero-order valence-electron chi connectivity index (χ0n) is 16.8. The molecule has 1 N–H and O–H groups in total. The van der Waals surface area contributed by atoms with Gasteiger partial charge in [-0.3, -0.25) is 19.7 Å². The van der Waals surface area contributed by atoms with Crippen molar-refractivity contribution in [2.75, 3.05) is 13.7 Å². The zero-order valence-corrected chi connectivity index (χ0v) is 17.6. The van der Waals surface area contributed by atoms with Gasteiger partial charge in [-0.15, -0.1) is 11.3 Å². The molecule has 3 aromatic rings. The number of methoxy groups -OCH3 is 1. The monoisotopic (exact) mass is 439 g/mol. The fraction of sp³-hybridized carbons (Fsp3) is 0.182. The van der Waals surface area contributed by atoms with E-state index < -0.39 is 10.8 Å². The fourth-order valence-electron chi connectivity index (χ4n) is 2.99. The van der Waals surface area contributed by atoms with Crippen molar-refractivity contribution in [2.24, 2.45) is 0 Å². The molecule has 2 aromatic carbocycles. The Morgan fingerprint density at radius 1 is 1.10 bits per heavy atom. The number of carbonyl (C=O) groups excluding carboxylic acids is 2. The number of nitrogens with zero attached hydrogens (tertiary/aromatic N) is 2. The van der Waals surface area contributed by atoms with Gasteiger partial charge in [-0.25, -0.2) is 0 Å². The number of nitrogens with one attached hydrogen (secondary N) is 1. The van der Waals surface area contributed by atoms with Crippen LogP contribution in [0, 0.1) is 10.1 Å². The minimum Gasteiger partial charge on any atom is -0.496 e. The molecule has 3 rings (SSSR count). The van der Waals surface area contributed by atoms with Gasteiger partial charge in [0.1, 0.15) is 5.75 Å². The number of non-ortho nitro benzene ring substituents is 1. The topological polar surface area (TPSA) is 102 Å². The summed E-state index contributed by atoms with van der Waals surface area (Å²) in [6.07, 6.45) is 0. The second-order valence-electron chi connectivity index (χ2n) is 6.63. The van der Waals surface area contributed by atoms with Gasteiger partial charge in [-0.2, -0.15) is 0 Å². The van der Waals surface area contributed by atoms with Crippen LogP contribution in [0.4, 0.5) is 5.69 Å². The van der Waals surface area contributed by atoms with Crippen LogP contribution in [0.1, 0.15) is 20.8 Å². The number of rotatable bonds is 9. The standard InChI is InChI=1S/C22H21N3O5S/c1-30-20-10-3-2-6-17(20)14-24(15-19-9-5-11-31-19)21(26)13-23-22(27)16-7-4-8-18(12-16)25(28)29/h2-12H,13-15H2,1H3,(H,23,27). The van der Waals surface area contributed by atoms with Gasteiger partial charge < -0.3 is 15.0 Å². The van der Waals surface area contributed by atoms with Crippen molar-refractivity contribution in [2.45, 2.75) is 13.1 Å².